The first-order valence-electron chi connectivity index (χ1n) is 11.0. The summed E-state index contributed by atoms with van der Waals surface area (Å²) in [5, 5.41) is 12.5. The first-order chi connectivity index (χ1) is 16.9. The van der Waals surface area contributed by atoms with Gasteiger partial charge in [-0.15, -0.1) is 0 Å². The molecule has 3 aromatic carbocycles. The van der Waals surface area contributed by atoms with Gasteiger partial charge in [0.1, 0.15) is 17.3 Å². The third kappa shape index (κ3) is 6.11. The molecule has 1 heterocycles. The highest BCUT2D eigenvalue weighted by atomic mass is 19.1. The van der Waals surface area contributed by atoms with Crippen LogP contribution in [0.3, 0.4) is 0 Å². The van der Waals surface area contributed by atoms with Gasteiger partial charge in [0.25, 0.3) is 5.91 Å². The summed E-state index contributed by atoms with van der Waals surface area (Å²) in [5.41, 5.74) is 3.25. The molecule has 0 unspecified atom stereocenters. The number of ether oxygens (including phenoxy) is 1. The summed E-state index contributed by atoms with van der Waals surface area (Å²) in [7, 11) is 0. The first kappa shape index (κ1) is 23.7. The van der Waals surface area contributed by atoms with Crippen LogP contribution in [-0.2, 0) is 11.2 Å². The average molecular weight is 474 g/mol. The van der Waals surface area contributed by atoms with Gasteiger partial charge in [0.2, 0.25) is 0 Å². The Labute approximate surface area is 201 Å². The van der Waals surface area contributed by atoms with Gasteiger partial charge in [-0.1, -0.05) is 18.2 Å². The van der Waals surface area contributed by atoms with Gasteiger partial charge in [0.15, 0.2) is 6.61 Å². The van der Waals surface area contributed by atoms with Crippen LogP contribution >= 0.6 is 0 Å². The van der Waals surface area contributed by atoms with Crippen molar-refractivity contribution in [3.05, 3.63) is 100 Å². The Balaban J connectivity index is 1.36. The molecule has 0 radical (unpaired) electrons. The second kappa shape index (κ2) is 10.6. The number of carbonyl (C=O) groups excluding carboxylic acids is 1. The normalized spacial score (nSPS) is 10.7. The summed E-state index contributed by atoms with van der Waals surface area (Å²) in [6.07, 6.45) is 0.392. The van der Waals surface area contributed by atoms with E-state index >= 15 is 0 Å². The first-order valence-corrected chi connectivity index (χ1v) is 11.0. The lowest BCUT2D eigenvalue weighted by Gasteiger charge is -2.09. The summed E-state index contributed by atoms with van der Waals surface area (Å²) in [5.74, 6) is 0.0635. The highest BCUT2D eigenvalue weighted by Gasteiger charge is 2.09. The van der Waals surface area contributed by atoms with E-state index in [1.807, 2.05) is 0 Å². The minimum atomic E-state index is -0.490. The van der Waals surface area contributed by atoms with Crippen LogP contribution in [0.15, 0.2) is 77.6 Å². The number of hydrogen-bond acceptors (Lipinski definition) is 5. The number of phenols is 1. The van der Waals surface area contributed by atoms with E-state index < -0.39 is 5.69 Å². The largest absolute Gasteiger partial charge is 0.508 e. The lowest BCUT2D eigenvalue weighted by Crippen LogP contribution is -2.30. The van der Waals surface area contributed by atoms with Crippen molar-refractivity contribution in [2.75, 3.05) is 13.2 Å². The maximum absolute atomic E-state index is 13.6. The Bertz CT molecular complexity index is 1400. The van der Waals surface area contributed by atoms with Crippen LogP contribution in [-0.4, -0.2) is 34.1 Å². The van der Waals surface area contributed by atoms with Crippen molar-refractivity contribution in [1.82, 2.24) is 15.3 Å². The highest BCUT2D eigenvalue weighted by molar-refractivity contribution is 5.77. The van der Waals surface area contributed by atoms with Crippen LogP contribution in [0.25, 0.3) is 22.5 Å². The molecule has 3 N–H and O–H groups in total. The van der Waals surface area contributed by atoms with Gasteiger partial charge >= 0.3 is 5.69 Å². The Morgan fingerprint density at radius 3 is 2.54 bits per heavy atom. The Morgan fingerprint density at radius 1 is 1.06 bits per heavy atom. The van der Waals surface area contributed by atoms with Crippen molar-refractivity contribution >= 4 is 5.91 Å². The highest BCUT2D eigenvalue weighted by Crippen LogP contribution is 2.26. The number of H-pyrrole nitrogens is 1. The van der Waals surface area contributed by atoms with Crippen LogP contribution in [0.5, 0.6) is 11.5 Å². The number of aromatic amines is 1. The number of amides is 1. The number of nitrogens with zero attached hydrogens (tertiary/aromatic N) is 1. The molecule has 0 aliphatic rings. The van der Waals surface area contributed by atoms with E-state index in [0.29, 0.717) is 46.8 Å². The second-order valence-corrected chi connectivity index (χ2v) is 7.99. The number of rotatable bonds is 8. The second-order valence-electron chi connectivity index (χ2n) is 7.99. The van der Waals surface area contributed by atoms with Crippen LogP contribution in [0.1, 0.15) is 11.1 Å². The molecule has 1 amide bonds. The molecule has 0 aliphatic carbocycles. The Kier molecular flexibility index (Phi) is 7.21. The van der Waals surface area contributed by atoms with E-state index in [0.717, 1.165) is 5.56 Å². The van der Waals surface area contributed by atoms with Crippen LogP contribution in [0, 0.1) is 12.7 Å². The summed E-state index contributed by atoms with van der Waals surface area (Å²) in [6.45, 7) is 1.91. The Hall–Kier alpha value is -4.46. The number of carbonyl (C=O) groups is 1. The van der Waals surface area contributed by atoms with Gasteiger partial charge in [-0.2, -0.15) is 4.98 Å². The van der Waals surface area contributed by atoms with Gasteiger partial charge in [0.05, 0.1) is 11.4 Å². The fraction of sp³-hybridized carbons (Fsp3) is 0.148. The number of aromatic nitrogens is 2. The van der Waals surface area contributed by atoms with E-state index in [1.54, 1.807) is 73.7 Å². The molecular formula is C27H24FN3O4. The van der Waals surface area contributed by atoms with Crippen LogP contribution in [0.4, 0.5) is 4.39 Å². The van der Waals surface area contributed by atoms with Gasteiger partial charge in [-0.25, -0.2) is 9.18 Å². The zero-order chi connectivity index (χ0) is 24.8. The third-order valence-electron chi connectivity index (χ3n) is 5.45. The van der Waals surface area contributed by atoms with Gasteiger partial charge in [-0.3, -0.25) is 4.79 Å². The standard InChI is InChI=1S/C27H24FN3O4/c1-17-14-20(8-11-25(17)32)24-15-23(30-27(34)31-24)19-6-9-21(10-7-19)35-16-26(33)29-13-12-18-4-2-3-5-22(18)28/h2-11,14-15,32H,12-13,16H2,1H3,(H,29,33)(H,30,31,34). The SMILES string of the molecule is Cc1cc(-c2cc(-c3ccc(OCC(=O)NCCc4ccccc4F)cc3)[nH]c(=O)n2)ccc1O. The summed E-state index contributed by atoms with van der Waals surface area (Å²) >= 11 is 0. The molecule has 8 heteroatoms. The minimum absolute atomic E-state index is 0.174. The minimum Gasteiger partial charge on any atom is -0.508 e. The average Bonchev–Trinajstić information content (AvgIpc) is 2.85. The molecule has 0 fully saturated rings. The van der Waals surface area contributed by atoms with Crippen molar-refractivity contribution in [2.45, 2.75) is 13.3 Å². The zero-order valence-electron chi connectivity index (χ0n) is 19.0. The predicted molar refractivity (Wildman–Crippen MR) is 131 cm³/mol. The molecule has 178 valence electrons. The topological polar surface area (TPSA) is 104 Å². The monoisotopic (exact) mass is 473 g/mol. The smallest absolute Gasteiger partial charge is 0.345 e. The molecule has 35 heavy (non-hydrogen) atoms. The molecule has 0 saturated heterocycles. The summed E-state index contributed by atoms with van der Waals surface area (Å²) in [4.78, 5) is 30.9. The van der Waals surface area contributed by atoms with Crippen molar-refractivity contribution in [3.63, 3.8) is 0 Å². The molecule has 7 nitrogen and oxygen atoms in total. The number of nitrogens with one attached hydrogen (secondary N) is 2. The van der Waals surface area contributed by atoms with Crippen molar-refractivity contribution in [2.24, 2.45) is 0 Å². The van der Waals surface area contributed by atoms with Crippen molar-refractivity contribution in [3.8, 4) is 34.0 Å². The maximum atomic E-state index is 13.6. The van der Waals surface area contributed by atoms with E-state index in [4.69, 9.17) is 4.74 Å². The molecule has 1 aromatic heterocycles. The summed E-state index contributed by atoms with van der Waals surface area (Å²) in [6, 6.07) is 20.2. The van der Waals surface area contributed by atoms with Crippen LogP contribution < -0.4 is 15.7 Å². The van der Waals surface area contributed by atoms with Gasteiger partial charge in [-0.05, 0) is 84.6 Å². The van der Waals surface area contributed by atoms with E-state index in [9.17, 15) is 19.1 Å². The predicted octanol–water partition coefficient (Wildman–Crippen LogP) is 3.99. The molecule has 0 spiro atoms. The number of aromatic hydroxyl groups is 1. The molecule has 0 aliphatic heterocycles. The maximum Gasteiger partial charge on any atom is 0.345 e. The van der Waals surface area contributed by atoms with Crippen molar-refractivity contribution in [1.29, 1.82) is 0 Å². The fourth-order valence-electron chi connectivity index (χ4n) is 3.54. The quantitative estimate of drug-likeness (QED) is 0.359. The molecule has 0 atom stereocenters. The van der Waals surface area contributed by atoms with E-state index in [-0.39, 0.29) is 24.1 Å². The van der Waals surface area contributed by atoms with Crippen LogP contribution in [0.2, 0.25) is 0 Å². The lowest BCUT2D eigenvalue weighted by atomic mass is 10.1. The van der Waals surface area contributed by atoms with Gasteiger partial charge < -0.3 is 20.1 Å². The number of benzene rings is 3. The summed E-state index contributed by atoms with van der Waals surface area (Å²) < 4.78 is 19.2. The fourth-order valence-corrected chi connectivity index (χ4v) is 3.54. The number of phenolic OH excluding ortho intramolecular Hbond substituents is 1. The third-order valence-corrected chi connectivity index (χ3v) is 5.45. The zero-order valence-corrected chi connectivity index (χ0v) is 19.0. The molecule has 4 rings (SSSR count). The van der Waals surface area contributed by atoms with Gasteiger partial charge in [0, 0.05) is 12.1 Å². The number of aryl methyl sites for hydroxylation is 1. The van der Waals surface area contributed by atoms with Crippen molar-refractivity contribution < 1.29 is 19.0 Å². The molecular weight excluding hydrogens is 449 g/mol. The number of halogens is 1. The molecule has 4 aromatic rings. The lowest BCUT2D eigenvalue weighted by molar-refractivity contribution is -0.123. The molecule has 0 saturated carbocycles. The van der Waals surface area contributed by atoms with E-state index in [2.05, 4.69) is 15.3 Å². The molecule has 0 bridgehead atoms. The van der Waals surface area contributed by atoms with E-state index in [1.165, 1.54) is 6.07 Å². The number of hydrogen-bond donors (Lipinski definition) is 3. The Morgan fingerprint density at radius 2 is 1.80 bits per heavy atom.